The van der Waals surface area contributed by atoms with Crippen molar-refractivity contribution in [3.8, 4) is 11.6 Å². The SMILES string of the molecule is Cc1nn(-c2ccccc2)c2c1C1(C(=O)Nc3ccc(Br)cc31)C1=C(CCCC1=O)O2. The third kappa shape index (κ3) is 2.35. The Morgan fingerprint density at radius 1 is 1.13 bits per heavy atom. The average molecular weight is 476 g/mol. The average Bonchev–Trinajstić information content (AvgIpc) is 3.24. The molecule has 154 valence electrons. The van der Waals surface area contributed by atoms with Crippen molar-refractivity contribution >= 4 is 33.3 Å². The van der Waals surface area contributed by atoms with Crippen LogP contribution in [0, 0.1) is 6.92 Å². The predicted octanol–water partition coefficient (Wildman–Crippen LogP) is 4.58. The molecule has 1 spiro atoms. The Bertz CT molecular complexity index is 1330. The predicted molar refractivity (Wildman–Crippen MR) is 118 cm³/mol. The van der Waals surface area contributed by atoms with Gasteiger partial charge in [-0.1, -0.05) is 34.1 Å². The number of aromatic nitrogens is 2. The van der Waals surface area contributed by atoms with Gasteiger partial charge in [-0.2, -0.15) is 5.10 Å². The first kappa shape index (κ1) is 18.6. The normalized spacial score (nSPS) is 21.5. The largest absolute Gasteiger partial charge is 0.442 e. The van der Waals surface area contributed by atoms with Crippen LogP contribution in [0.2, 0.25) is 0 Å². The number of halogens is 1. The summed E-state index contributed by atoms with van der Waals surface area (Å²) in [5, 5.41) is 7.77. The molecule has 1 amide bonds. The number of hydrogen-bond donors (Lipinski definition) is 1. The number of para-hydroxylation sites is 1. The Morgan fingerprint density at radius 2 is 1.94 bits per heavy atom. The Labute approximate surface area is 187 Å². The van der Waals surface area contributed by atoms with Crippen LogP contribution >= 0.6 is 15.9 Å². The molecule has 1 aromatic heterocycles. The molecule has 7 heteroatoms. The Morgan fingerprint density at radius 3 is 2.74 bits per heavy atom. The highest BCUT2D eigenvalue weighted by atomic mass is 79.9. The Balaban J connectivity index is 1.74. The highest BCUT2D eigenvalue weighted by Gasteiger charge is 2.60. The van der Waals surface area contributed by atoms with E-state index in [1.54, 1.807) is 4.68 Å². The summed E-state index contributed by atoms with van der Waals surface area (Å²) in [5.74, 6) is 0.800. The molecule has 1 unspecified atom stereocenters. The van der Waals surface area contributed by atoms with Crippen molar-refractivity contribution in [2.75, 3.05) is 5.32 Å². The maximum Gasteiger partial charge on any atom is 0.244 e. The third-order valence-electron chi connectivity index (χ3n) is 6.33. The Kier molecular flexibility index (Phi) is 3.84. The van der Waals surface area contributed by atoms with E-state index in [0.717, 1.165) is 15.7 Å². The molecule has 0 fully saturated rings. The van der Waals surface area contributed by atoms with Crippen LogP contribution in [-0.2, 0) is 15.0 Å². The summed E-state index contributed by atoms with van der Waals surface area (Å²) in [5.41, 5.74) is 2.79. The monoisotopic (exact) mass is 475 g/mol. The van der Waals surface area contributed by atoms with Crippen LogP contribution in [0.1, 0.15) is 36.1 Å². The molecule has 0 saturated carbocycles. The molecule has 3 heterocycles. The van der Waals surface area contributed by atoms with Crippen molar-refractivity contribution in [3.05, 3.63) is 81.2 Å². The molecule has 1 N–H and O–H groups in total. The van der Waals surface area contributed by atoms with Gasteiger partial charge in [-0.15, -0.1) is 0 Å². The number of ether oxygens (including phenoxy) is 1. The van der Waals surface area contributed by atoms with Crippen LogP contribution in [0.5, 0.6) is 5.88 Å². The molecular formula is C24H18BrN3O3. The summed E-state index contributed by atoms with van der Waals surface area (Å²) in [6, 6.07) is 15.4. The Hall–Kier alpha value is -3.19. The topological polar surface area (TPSA) is 73.2 Å². The molecule has 1 atom stereocenters. The second-order valence-electron chi connectivity index (χ2n) is 8.08. The number of nitrogens with zero attached hydrogens (tertiary/aromatic N) is 2. The second kappa shape index (κ2) is 6.40. The van der Waals surface area contributed by atoms with Crippen molar-refractivity contribution in [3.63, 3.8) is 0 Å². The zero-order chi connectivity index (χ0) is 21.3. The van der Waals surface area contributed by atoms with E-state index in [2.05, 4.69) is 21.2 Å². The van der Waals surface area contributed by atoms with Crippen LogP contribution in [0.15, 0.2) is 64.3 Å². The highest BCUT2D eigenvalue weighted by Crippen LogP contribution is 2.57. The van der Waals surface area contributed by atoms with Crippen molar-refractivity contribution in [1.82, 2.24) is 9.78 Å². The number of carbonyl (C=O) groups excluding carboxylic acids is 2. The first-order valence-electron chi connectivity index (χ1n) is 10.2. The molecule has 31 heavy (non-hydrogen) atoms. The van der Waals surface area contributed by atoms with Gasteiger partial charge in [0.1, 0.15) is 11.2 Å². The summed E-state index contributed by atoms with van der Waals surface area (Å²) in [6.45, 7) is 1.87. The van der Waals surface area contributed by atoms with Gasteiger partial charge in [0, 0.05) is 28.6 Å². The minimum absolute atomic E-state index is 0.0401. The molecule has 3 aliphatic rings. The van der Waals surface area contributed by atoms with E-state index in [1.807, 2.05) is 55.5 Å². The van der Waals surface area contributed by atoms with Gasteiger partial charge < -0.3 is 10.1 Å². The summed E-state index contributed by atoms with van der Waals surface area (Å²) >= 11 is 3.55. The van der Waals surface area contributed by atoms with Gasteiger partial charge in [-0.3, -0.25) is 9.59 Å². The van der Waals surface area contributed by atoms with Crippen LogP contribution in [-0.4, -0.2) is 21.5 Å². The first-order valence-corrected chi connectivity index (χ1v) is 11.0. The third-order valence-corrected chi connectivity index (χ3v) is 6.82. The van der Waals surface area contributed by atoms with E-state index in [9.17, 15) is 9.59 Å². The van der Waals surface area contributed by atoms with Crippen LogP contribution in [0.4, 0.5) is 5.69 Å². The molecule has 0 bridgehead atoms. The highest BCUT2D eigenvalue weighted by molar-refractivity contribution is 9.10. The van der Waals surface area contributed by atoms with E-state index in [4.69, 9.17) is 9.84 Å². The molecule has 1 aliphatic carbocycles. The van der Waals surface area contributed by atoms with E-state index >= 15 is 0 Å². The summed E-state index contributed by atoms with van der Waals surface area (Å²) < 4.78 is 8.94. The molecule has 2 aliphatic heterocycles. The second-order valence-corrected chi connectivity index (χ2v) is 9.00. The zero-order valence-corrected chi connectivity index (χ0v) is 18.3. The number of carbonyl (C=O) groups is 2. The van der Waals surface area contributed by atoms with Crippen molar-refractivity contribution in [1.29, 1.82) is 0 Å². The lowest BCUT2D eigenvalue weighted by Gasteiger charge is -2.37. The number of allylic oxidation sites excluding steroid dienone is 1. The first-order chi connectivity index (χ1) is 15.0. The van der Waals surface area contributed by atoms with Crippen molar-refractivity contribution in [2.24, 2.45) is 0 Å². The van der Waals surface area contributed by atoms with Gasteiger partial charge >= 0.3 is 0 Å². The molecule has 2 aromatic carbocycles. The lowest BCUT2D eigenvalue weighted by Crippen LogP contribution is -2.45. The van der Waals surface area contributed by atoms with Gasteiger partial charge in [0.25, 0.3) is 0 Å². The lowest BCUT2D eigenvalue weighted by molar-refractivity contribution is -0.123. The summed E-state index contributed by atoms with van der Waals surface area (Å²) in [4.78, 5) is 27.0. The molecule has 0 radical (unpaired) electrons. The maximum atomic E-state index is 13.8. The number of fused-ring (bicyclic) bond motifs is 5. The van der Waals surface area contributed by atoms with E-state index in [-0.39, 0.29) is 11.7 Å². The van der Waals surface area contributed by atoms with Gasteiger partial charge in [0.2, 0.25) is 11.8 Å². The van der Waals surface area contributed by atoms with Crippen molar-refractivity contribution < 1.29 is 14.3 Å². The van der Waals surface area contributed by atoms with E-state index < -0.39 is 5.41 Å². The zero-order valence-electron chi connectivity index (χ0n) is 16.7. The lowest BCUT2D eigenvalue weighted by atomic mass is 9.65. The number of benzene rings is 2. The minimum Gasteiger partial charge on any atom is -0.442 e. The van der Waals surface area contributed by atoms with Gasteiger partial charge in [0.05, 0.1) is 22.5 Å². The molecule has 0 saturated heterocycles. The fourth-order valence-corrected chi connectivity index (χ4v) is 5.48. The van der Waals surface area contributed by atoms with E-state index in [1.165, 1.54) is 0 Å². The van der Waals surface area contributed by atoms with Gasteiger partial charge in [-0.25, -0.2) is 4.68 Å². The number of amides is 1. The minimum atomic E-state index is -1.27. The molecule has 6 rings (SSSR count). The molecule has 3 aromatic rings. The molecule has 6 nitrogen and oxygen atoms in total. The van der Waals surface area contributed by atoms with Crippen LogP contribution in [0.3, 0.4) is 0 Å². The number of hydrogen-bond acceptors (Lipinski definition) is 4. The summed E-state index contributed by atoms with van der Waals surface area (Å²) in [7, 11) is 0. The number of nitrogens with one attached hydrogen (secondary N) is 1. The number of anilines is 1. The van der Waals surface area contributed by atoms with Crippen LogP contribution < -0.4 is 10.1 Å². The maximum absolute atomic E-state index is 13.8. The number of ketones is 1. The summed E-state index contributed by atoms with van der Waals surface area (Å²) in [6.07, 6.45) is 1.72. The molecular weight excluding hydrogens is 458 g/mol. The smallest absolute Gasteiger partial charge is 0.244 e. The van der Waals surface area contributed by atoms with Gasteiger partial charge in [0.15, 0.2) is 5.78 Å². The van der Waals surface area contributed by atoms with Gasteiger partial charge in [-0.05, 0) is 43.7 Å². The number of Topliss-reactive ketones (excluding diaryl/α,β-unsaturated/α-hetero) is 1. The van der Waals surface area contributed by atoms with E-state index in [0.29, 0.717) is 53.4 Å². The quantitative estimate of drug-likeness (QED) is 0.558. The fourth-order valence-electron chi connectivity index (χ4n) is 5.12. The number of aryl methyl sites for hydroxylation is 1. The van der Waals surface area contributed by atoms with Crippen molar-refractivity contribution in [2.45, 2.75) is 31.6 Å². The number of rotatable bonds is 1. The van der Waals surface area contributed by atoms with Crippen LogP contribution in [0.25, 0.3) is 5.69 Å². The standard InChI is InChI=1S/C24H18BrN3O3/c1-13-20-22(28(27-13)15-6-3-2-4-7-15)31-19-9-5-8-18(29)21(19)24(20)16-12-14(25)10-11-17(16)26-23(24)30/h2-4,6-7,10-12H,5,8-9H2,1H3,(H,26,30). The fraction of sp³-hybridized carbons (Fsp3) is 0.208.